The average Bonchev–Trinajstić information content (AvgIpc) is 3.24. The highest BCUT2D eigenvalue weighted by Crippen LogP contribution is 2.27. The molecular weight excluding hydrogens is 548 g/mol. The summed E-state index contributed by atoms with van der Waals surface area (Å²) in [7, 11) is -3.51. The molecule has 1 aliphatic heterocycles. The van der Waals surface area contributed by atoms with E-state index in [4.69, 9.17) is 4.74 Å². The molecule has 29 heavy (non-hydrogen) atoms. The van der Waals surface area contributed by atoms with Gasteiger partial charge in [0.05, 0.1) is 11.6 Å². The molecule has 1 N–H and O–H groups in total. The molecule has 7 nitrogen and oxygen atoms in total. The number of nitrogens with one attached hydrogen (secondary N) is 1. The van der Waals surface area contributed by atoms with Gasteiger partial charge in [-0.1, -0.05) is 22.0 Å². The van der Waals surface area contributed by atoms with Gasteiger partial charge >= 0.3 is 5.97 Å². The highest BCUT2D eigenvalue weighted by atomic mass is 79.9. The van der Waals surface area contributed by atoms with E-state index in [1.807, 2.05) is 0 Å². The molecule has 2 aromatic rings. The number of amides is 1. The Morgan fingerprint density at radius 1 is 1.21 bits per heavy atom. The van der Waals surface area contributed by atoms with Gasteiger partial charge in [0.2, 0.25) is 0 Å². The molecular formula is C18H18Br2N2O5S2. The molecule has 156 valence electrons. The number of nitrogens with zero attached hydrogens (tertiary/aromatic N) is 1. The second-order valence-electron chi connectivity index (χ2n) is 6.39. The van der Waals surface area contributed by atoms with Crippen molar-refractivity contribution in [3.8, 4) is 0 Å². The minimum absolute atomic E-state index is 0.248. The van der Waals surface area contributed by atoms with Gasteiger partial charge in [-0.3, -0.25) is 9.59 Å². The molecule has 3 rings (SSSR count). The second-order valence-corrected chi connectivity index (χ2v) is 11.3. The van der Waals surface area contributed by atoms with Crippen molar-refractivity contribution in [3.05, 3.63) is 44.7 Å². The van der Waals surface area contributed by atoms with Crippen LogP contribution in [-0.4, -0.2) is 44.3 Å². The highest BCUT2D eigenvalue weighted by molar-refractivity contribution is 9.11. The van der Waals surface area contributed by atoms with Gasteiger partial charge in [0.1, 0.15) is 4.21 Å². The van der Waals surface area contributed by atoms with Crippen molar-refractivity contribution in [1.82, 2.24) is 4.31 Å². The lowest BCUT2D eigenvalue weighted by molar-refractivity contribution is -0.152. The number of carbonyl (C=O) groups excluding carboxylic acids is 2. The van der Waals surface area contributed by atoms with Gasteiger partial charge in [-0.2, -0.15) is 4.31 Å². The molecule has 0 bridgehead atoms. The van der Waals surface area contributed by atoms with Crippen LogP contribution in [0.25, 0.3) is 0 Å². The Morgan fingerprint density at radius 2 is 1.93 bits per heavy atom. The molecule has 1 aromatic carbocycles. The summed E-state index contributed by atoms with van der Waals surface area (Å²) in [5, 5.41) is 4.39. The standard InChI is InChI=1S/C18H18Br2N2O5S2/c19-13-3-4-15(14(20)10-13)21-16(23)11-27-18(24)12-5-7-22(8-6-12)29(25,26)17-2-1-9-28-17/h1-4,9-10,12H,5-8,11H2,(H,21,23). The Bertz CT molecular complexity index is 988. The Labute approximate surface area is 189 Å². The number of thiophene rings is 1. The predicted octanol–water partition coefficient (Wildman–Crippen LogP) is 3.86. The van der Waals surface area contributed by atoms with E-state index in [1.54, 1.807) is 35.7 Å². The Kier molecular flexibility index (Phi) is 7.49. The first-order chi connectivity index (χ1) is 13.8. The fourth-order valence-electron chi connectivity index (χ4n) is 2.90. The van der Waals surface area contributed by atoms with Crippen LogP contribution in [0.2, 0.25) is 0 Å². The number of anilines is 1. The predicted molar refractivity (Wildman–Crippen MR) is 117 cm³/mol. The zero-order chi connectivity index (χ0) is 21.0. The van der Waals surface area contributed by atoms with Gasteiger partial charge in [0.25, 0.3) is 15.9 Å². The Balaban J connectivity index is 1.47. The zero-order valence-electron chi connectivity index (χ0n) is 15.1. The monoisotopic (exact) mass is 564 g/mol. The van der Waals surface area contributed by atoms with Crippen LogP contribution in [-0.2, 0) is 24.3 Å². The average molecular weight is 566 g/mol. The zero-order valence-corrected chi connectivity index (χ0v) is 19.9. The first-order valence-corrected chi connectivity index (χ1v) is 12.6. The maximum Gasteiger partial charge on any atom is 0.309 e. The topological polar surface area (TPSA) is 92.8 Å². The molecule has 0 atom stereocenters. The van der Waals surface area contributed by atoms with Gasteiger partial charge in [-0.05, 0) is 58.4 Å². The second kappa shape index (κ2) is 9.69. The summed E-state index contributed by atoms with van der Waals surface area (Å²) >= 11 is 7.85. The van der Waals surface area contributed by atoms with E-state index >= 15 is 0 Å². The summed E-state index contributed by atoms with van der Waals surface area (Å²) < 4.78 is 33.4. The normalized spacial score (nSPS) is 15.8. The van der Waals surface area contributed by atoms with Crippen molar-refractivity contribution in [2.24, 2.45) is 5.92 Å². The number of piperidine rings is 1. The van der Waals surface area contributed by atoms with Crippen molar-refractivity contribution in [2.75, 3.05) is 25.0 Å². The number of halogens is 2. The van der Waals surface area contributed by atoms with Crippen LogP contribution in [0, 0.1) is 5.92 Å². The molecule has 1 aliphatic rings. The Hall–Kier alpha value is -1.27. The summed E-state index contributed by atoms with van der Waals surface area (Å²) in [5.74, 6) is -1.35. The first kappa shape index (κ1) is 22.4. The molecule has 11 heteroatoms. The SMILES string of the molecule is O=C(COC(=O)C1CCN(S(=O)(=O)c2cccs2)CC1)Nc1ccc(Br)cc1Br. The summed E-state index contributed by atoms with van der Waals surface area (Å²) in [6, 6.07) is 8.56. The smallest absolute Gasteiger partial charge is 0.309 e. The molecule has 1 aromatic heterocycles. The van der Waals surface area contributed by atoms with E-state index in [1.165, 1.54) is 15.6 Å². The summed E-state index contributed by atoms with van der Waals surface area (Å²) in [6.45, 7) is 0.102. The van der Waals surface area contributed by atoms with Crippen LogP contribution in [0.1, 0.15) is 12.8 Å². The van der Waals surface area contributed by atoms with Crippen LogP contribution < -0.4 is 5.32 Å². The van der Waals surface area contributed by atoms with Crippen LogP contribution in [0.3, 0.4) is 0 Å². The van der Waals surface area contributed by atoms with Crippen LogP contribution in [0.15, 0.2) is 48.9 Å². The van der Waals surface area contributed by atoms with Crippen molar-refractivity contribution in [2.45, 2.75) is 17.1 Å². The van der Waals surface area contributed by atoms with E-state index in [2.05, 4.69) is 37.2 Å². The lowest BCUT2D eigenvalue weighted by Crippen LogP contribution is -2.40. The third-order valence-electron chi connectivity index (χ3n) is 4.43. The number of sulfonamides is 1. The van der Waals surface area contributed by atoms with Gasteiger partial charge in [0.15, 0.2) is 6.61 Å². The number of carbonyl (C=O) groups is 2. The lowest BCUT2D eigenvalue weighted by atomic mass is 9.98. The van der Waals surface area contributed by atoms with E-state index in [-0.39, 0.29) is 13.1 Å². The Morgan fingerprint density at radius 3 is 2.55 bits per heavy atom. The fourth-order valence-corrected chi connectivity index (χ4v) is 6.66. The van der Waals surface area contributed by atoms with E-state index < -0.39 is 34.4 Å². The minimum Gasteiger partial charge on any atom is -0.455 e. The molecule has 0 aliphatic carbocycles. The highest BCUT2D eigenvalue weighted by Gasteiger charge is 2.33. The van der Waals surface area contributed by atoms with Crippen molar-refractivity contribution in [3.63, 3.8) is 0 Å². The maximum atomic E-state index is 12.5. The fraction of sp³-hybridized carbons (Fsp3) is 0.333. The molecule has 0 radical (unpaired) electrons. The number of esters is 1. The number of hydrogen-bond donors (Lipinski definition) is 1. The molecule has 2 heterocycles. The third-order valence-corrected chi connectivity index (χ3v) is 8.85. The van der Waals surface area contributed by atoms with Crippen LogP contribution in [0.5, 0.6) is 0 Å². The summed E-state index contributed by atoms with van der Waals surface area (Å²) in [5.41, 5.74) is 0.571. The number of ether oxygens (including phenoxy) is 1. The molecule has 0 unspecified atom stereocenters. The quantitative estimate of drug-likeness (QED) is 0.537. The van der Waals surface area contributed by atoms with Crippen LogP contribution in [0.4, 0.5) is 5.69 Å². The van der Waals surface area contributed by atoms with E-state index in [9.17, 15) is 18.0 Å². The molecule has 1 fully saturated rings. The van der Waals surface area contributed by atoms with E-state index in [0.29, 0.717) is 27.2 Å². The van der Waals surface area contributed by atoms with Gasteiger partial charge in [-0.15, -0.1) is 11.3 Å². The molecule has 1 amide bonds. The number of rotatable bonds is 6. The number of hydrogen-bond acceptors (Lipinski definition) is 6. The molecule has 0 saturated carbocycles. The molecule has 1 saturated heterocycles. The van der Waals surface area contributed by atoms with Crippen molar-refractivity contribution >= 4 is 70.8 Å². The van der Waals surface area contributed by atoms with Crippen LogP contribution >= 0.6 is 43.2 Å². The number of benzene rings is 1. The minimum atomic E-state index is -3.51. The largest absolute Gasteiger partial charge is 0.455 e. The maximum absolute atomic E-state index is 12.5. The van der Waals surface area contributed by atoms with Crippen molar-refractivity contribution in [1.29, 1.82) is 0 Å². The summed E-state index contributed by atoms with van der Waals surface area (Å²) in [4.78, 5) is 24.3. The van der Waals surface area contributed by atoms with Gasteiger partial charge in [0, 0.05) is 22.0 Å². The van der Waals surface area contributed by atoms with Gasteiger partial charge < -0.3 is 10.1 Å². The van der Waals surface area contributed by atoms with Crippen molar-refractivity contribution < 1.29 is 22.7 Å². The third kappa shape index (κ3) is 5.66. The lowest BCUT2D eigenvalue weighted by Gasteiger charge is -2.29. The van der Waals surface area contributed by atoms with E-state index in [0.717, 1.165) is 4.47 Å². The molecule has 0 spiro atoms. The van der Waals surface area contributed by atoms with Gasteiger partial charge in [-0.25, -0.2) is 8.42 Å². The first-order valence-electron chi connectivity index (χ1n) is 8.72. The summed E-state index contributed by atoms with van der Waals surface area (Å²) in [6.07, 6.45) is 0.729.